The van der Waals surface area contributed by atoms with E-state index in [1.807, 2.05) is 37.4 Å². The monoisotopic (exact) mass is 366 g/mol. The second-order valence-corrected chi connectivity index (χ2v) is 6.64. The van der Waals surface area contributed by atoms with Gasteiger partial charge < -0.3 is 19.3 Å². The highest BCUT2D eigenvalue weighted by atomic mass is 16.5. The average molecular weight is 366 g/mol. The van der Waals surface area contributed by atoms with Crippen LogP contribution in [0, 0.1) is 6.92 Å². The number of hydrogen-bond donors (Lipinski definition) is 1. The smallest absolute Gasteiger partial charge is 0.223 e. The lowest BCUT2D eigenvalue weighted by Gasteiger charge is -2.11. The Morgan fingerprint density at radius 3 is 2.63 bits per heavy atom. The van der Waals surface area contributed by atoms with Crippen LogP contribution in [-0.4, -0.2) is 29.3 Å². The van der Waals surface area contributed by atoms with Crippen molar-refractivity contribution in [3.05, 3.63) is 47.4 Å². The van der Waals surface area contributed by atoms with Gasteiger partial charge in [0.05, 0.1) is 31.2 Å². The molecule has 7 heteroatoms. The van der Waals surface area contributed by atoms with Gasteiger partial charge >= 0.3 is 0 Å². The highest BCUT2D eigenvalue weighted by Crippen LogP contribution is 2.43. The van der Waals surface area contributed by atoms with Crippen molar-refractivity contribution in [2.75, 3.05) is 19.5 Å². The molecule has 3 aromatic rings. The number of aromatic nitrogens is 3. The van der Waals surface area contributed by atoms with Crippen molar-refractivity contribution in [3.8, 4) is 22.8 Å². The largest absolute Gasteiger partial charge is 0.493 e. The summed E-state index contributed by atoms with van der Waals surface area (Å²) in [6.45, 7) is 2.49. The van der Waals surface area contributed by atoms with Crippen LogP contribution in [0.1, 0.15) is 35.7 Å². The highest BCUT2D eigenvalue weighted by molar-refractivity contribution is 5.62. The Balaban J connectivity index is 1.54. The van der Waals surface area contributed by atoms with Gasteiger partial charge in [0.1, 0.15) is 0 Å². The number of aryl methyl sites for hydroxylation is 1. The Morgan fingerprint density at radius 2 is 1.96 bits per heavy atom. The summed E-state index contributed by atoms with van der Waals surface area (Å²) >= 11 is 0. The van der Waals surface area contributed by atoms with Crippen LogP contribution in [0.25, 0.3) is 11.3 Å². The fourth-order valence-electron chi connectivity index (χ4n) is 3.00. The zero-order valence-electron chi connectivity index (χ0n) is 15.7. The van der Waals surface area contributed by atoms with Crippen LogP contribution in [0.2, 0.25) is 0 Å². The molecule has 0 aliphatic heterocycles. The summed E-state index contributed by atoms with van der Waals surface area (Å²) in [5.74, 6) is 3.20. The number of nitrogens with zero attached hydrogens (tertiary/aromatic N) is 3. The molecule has 0 bridgehead atoms. The van der Waals surface area contributed by atoms with Gasteiger partial charge in [0.25, 0.3) is 0 Å². The van der Waals surface area contributed by atoms with Gasteiger partial charge in [-0.15, -0.1) is 0 Å². The Hall–Kier alpha value is -3.09. The maximum atomic E-state index is 5.41. The molecule has 140 valence electrons. The predicted molar refractivity (Wildman–Crippen MR) is 101 cm³/mol. The van der Waals surface area contributed by atoms with E-state index in [1.165, 1.54) is 0 Å². The second kappa shape index (κ2) is 7.26. The second-order valence-electron chi connectivity index (χ2n) is 6.64. The van der Waals surface area contributed by atoms with E-state index in [4.69, 9.17) is 19.0 Å². The number of benzene rings is 1. The Bertz CT molecular complexity index is 950. The number of hydrogen-bond acceptors (Lipinski definition) is 7. The molecule has 0 amide bonds. The van der Waals surface area contributed by atoms with Crippen molar-refractivity contribution in [1.29, 1.82) is 0 Å². The first-order valence-corrected chi connectivity index (χ1v) is 8.93. The van der Waals surface area contributed by atoms with Gasteiger partial charge in [-0.2, -0.15) is 0 Å². The highest BCUT2D eigenvalue weighted by Gasteiger charge is 2.30. The molecular formula is C20H22N4O3. The minimum Gasteiger partial charge on any atom is -0.493 e. The van der Waals surface area contributed by atoms with Crippen LogP contribution in [0.5, 0.6) is 11.5 Å². The molecule has 1 aromatic carbocycles. The van der Waals surface area contributed by atoms with Gasteiger partial charge in [-0.1, -0.05) is 11.2 Å². The fourth-order valence-corrected chi connectivity index (χ4v) is 3.00. The third-order valence-corrected chi connectivity index (χ3v) is 4.57. The molecule has 4 rings (SSSR count). The fraction of sp³-hybridized carbons (Fsp3) is 0.350. The normalized spacial score (nSPS) is 13.4. The molecule has 7 nitrogen and oxygen atoms in total. The van der Waals surface area contributed by atoms with Gasteiger partial charge in [-0.3, -0.25) is 0 Å². The van der Waals surface area contributed by atoms with Crippen molar-refractivity contribution in [1.82, 2.24) is 15.1 Å². The summed E-state index contributed by atoms with van der Waals surface area (Å²) < 4.78 is 16.0. The van der Waals surface area contributed by atoms with E-state index in [-0.39, 0.29) is 0 Å². The van der Waals surface area contributed by atoms with E-state index in [0.717, 1.165) is 41.1 Å². The number of nitrogens with one attached hydrogen (secondary N) is 1. The first-order chi connectivity index (χ1) is 13.2. The first kappa shape index (κ1) is 17.3. The summed E-state index contributed by atoms with van der Waals surface area (Å²) in [6.07, 6.45) is 4.11. The number of ether oxygens (including phenoxy) is 2. The summed E-state index contributed by atoms with van der Waals surface area (Å²) in [7, 11) is 3.25. The Kier molecular flexibility index (Phi) is 4.66. The topological polar surface area (TPSA) is 82.3 Å². The van der Waals surface area contributed by atoms with Crippen LogP contribution in [-0.2, 0) is 6.54 Å². The molecule has 0 atom stereocenters. The minimum absolute atomic E-state index is 0.468. The van der Waals surface area contributed by atoms with Gasteiger partial charge in [0, 0.05) is 24.7 Å². The van der Waals surface area contributed by atoms with Crippen molar-refractivity contribution < 1.29 is 14.0 Å². The molecule has 0 unspecified atom stereocenters. The van der Waals surface area contributed by atoms with Crippen LogP contribution in [0.4, 0.5) is 5.95 Å². The van der Waals surface area contributed by atoms with Gasteiger partial charge in [-0.05, 0) is 37.5 Å². The summed E-state index contributed by atoms with van der Waals surface area (Å²) in [4.78, 5) is 9.21. The molecule has 0 radical (unpaired) electrons. The molecule has 1 aliphatic rings. The predicted octanol–water partition coefficient (Wildman–Crippen LogP) is 3.95. The van der Waals surface area contributed by atoms with E-state index in [2.05, 4.69) is 15.5 Å². The van der Waals surface area contributed by atoms with Crippen molar-refractivity contribution in [2.45, 2.75) is 32.2 Å². The first-order valence-electron chi connectivity index (χ1n) is 8.93. The third-order valence-electron chi connectivity index (χ3n) is 4.57. The Labute approximate surface area is 157 Å². The SMILES string of the molecule is COc1ccc(CNc2ncc(-c3cc(C)no3)c(C3CC3)n2)cc1OC. The third kappa shape index (κ3) is 3.72. The van der Waals surface area contributed by atoms with E-state index in [1.54, 1.807) is 14.2 Å². The molecule has 1 N–H and O–H groups in total. The van der Waals surface area contributed by atoms with Gasteiger partial charge in [-0.25, -0.2) is 9.97 Å². The molecule has 1 fully saturated rings. The molecule has 2 heterocycles. The van der Waals surface area contributed by atoms with Crippen LogP contribution in [0.3, 0.4) is 0 Å². The van der Waals surface area contributed by atoms with E-state index < -0.39 is 0 Å². The van der Waals surface area contributed by atoms with E-state index >= 15 is 0 Å². The van der Waals surface area contributed by atoms with Crippen molar-refractivity contribution >= 4 is 5.95 Å². The van der Waals surface area contributed by atoms with Crippen molar-refractivity contribution in [2.24, 2.45) is 0 Å². The Morgan fingerprint density at radius 1 is 1.15 bits per heavy atom. The van der Waals surface area contributed by atoms with Gasteiger partial charge in [0.15, 0.2) is 17.3 Å². The summed E-state index contributed by atoms with van der Waals surface area (Å²) in [5, 5.41) is 7.27. The number of anilines is 1. The molecular weight excluding hydrogens is 344 g/mol. The van der Waals surface area contributed by atoms with E-state index in [9.17, 15) is 0 Å². The molecule has 1 aliphatic carbocycles. The number of rotatable bonds is 7. The summed E-state index contributed by atoms with van der Waals surface area (Å²) in [6, 6.07) is 7.74. The number of methoxy groups -OCH3 is 2. The molecule has 2 aromatic heterocycles. The van der Waals surface area contributed by atoms with Crippen LogP contribution in [0.15, 0.2) is 35.0 Å². The molecule has 0 saturated heterocycles. The van der Waals surface area contributed by atoms with Gasteiger partial charge in [0.2, 0.25) is 5.95 Å². The van der Waals surface area contributed by atoms with Crippen molar-refractivity contribution in [3.63, 3.8) is 0 Å². The molecule has 0 spiro atoms. The minimum atomic E-state index is 0.468. The zero-order chi connectivity index (χ0) is 18.8. The lowest BCUT2D eigenvalue weighted by Crippen LogP contribution is -2.06. The standard InChI is InChI=1S/C20H22N4O3/c1-12-8-17(27-24-12)15-11-22-20(23-19(15)14-5-6-14)21-10-13-4-7-16(25-2)18(9-13)26-3/h4,7-9,11,14H,5-6,10H2,1-3H3,(H,21,22,23). The van der Waals surface area contributed by atoms with Crippen LogP contribution >= 0.6 is 0 Å². The maximum Gasteiger partial charge on any atom is 0.223 e. The quantitative estimate of drug-likeness (QED) is 0.678. The lowest BCUT2D eigenvalue weighted by molar-refractivity contribution is 0.354. The zero-order valence-corrected chi connectivity index (χ0v) is 15.7. The summed E-state index contributed by atoms with van der Waals surface area (Å²) in [5.41, 5.74) is 3.85. The molecule has 27 heavy (non-hydrogen) atoms. The molecule has 1 saturated carbocycles. The van der Waals surface area contributed by atoms with E-state index in [0.29, 0.717) is 29.9 Å². The lowest BCUT2D eigenvalue weighted by atomic mass is 10.1. The average Bonchev–Trinajstić information content (AvgIpc) is 3.46. The maximum absolute atomic E-state index is 5.41. The van der Waals surface area contributed by atoms with Crippen LogP contribution < -0.4 is 14.8 Å².